The standard InChI is InChI=1S/C14H16N6O2S/c1-10-6-4-5-7-12(10)20-9-8-15-14(20)23(21,22)11(2)13-16-17-18-19(13)3/h4-9,11H,1-3H3. The highest BCUT2D eigenvalue weighted by Gasteiger charge is 2.33. The number of benzene rings is 1. The van der Waals surface area contributed by atoms with Gasteiger partial charge in [-0.2, -0.15) is 0 Å². The molecule has 0 saturated carbocycles. The summed E-state index contributed by atoms with van der Waals surface area (Å²) in [5.74, 6) is 0.268. The first-order chi connectivity index (χ1) is 10.9. The molecule has 3 aromatic rings. The van der Waals surface area contributed by atoms with Crippen LogP contribution in [0.1, 0.15) is 23.6 Å². The minimum atomic E-state index is -3.75. The number of rotatable bonds is 4. The highest BCUT2D eigenvalue weighted by molar-refractivity contribution is 7.91. The zero-order valence-corrected chi connectivity index (χ0v) is 13.8. The molecular weight excluding hydrogens is 316 g/mol. The van der Waals surface area contributed by atoms with Crippen molar-refractivity contribution < 1.29 is 8.42 Å². The second kappa shape index (κ2) is 5.58. The lowest BCUT2D eigenvalue weighted by Gasteiger charge is -2.14. The average molecular weight is 332 g/mol. The Morgan fingerprint density at radius 1 is 1.22 bits per heavy atom. The van der Waals surface area contributed by atoms with Crippen LogP contribution in [0.3, 0.4) is 0 Å². The molecule has 1 unspecified atom stereocenters. The van der Waals surface area contributed by atoms with E-state index < -0.39 is 15.1 Å². The van der Waals surface area contributed by atoms with E-state index in [4.69, 9.17) is 0 Å². The smallest absolute Gasteiger partial charge is 0.232 e. The topological polar surface area (TPSA) is 95.6 Å². The first kappa shape index (κ1) is 15.3. The molecule has 0 aliphatic carbocycles. The second-order valence-electron chi connectivity index (χ2n) is 5.21. The monoisotopic (exact) mass is 332 g/mol. The highest BCUT2D eigenvalue weighted by atomic mass is 32.2. The molecule has 3 rings (SSSR count). The summed E-state index contributed by atoms with van der Waals surface area (Å²) in [4.78, 5) is 4.06. The van der Waals surface area contributed by atoms with E-state index in [1.807, 2.05) is 31.2 Å². The van der Waals surface area contributed by atoms with E-state index in [1.165, 1.54) is 10.9 Å². The van der Waals surface area contributed by atoms with E-state index >= 15 is 0 Å². The van der Waals surface area contributed by atoms with Crippen LogP contribution in [0.25, 0.3) is 5.69 Å². The number of aryl methyl sites for hydroxylation is 2. The summed E-state index contributed by atoms with van der Waals surface area (Å²) < 4.78 is 28.8. The van der Waals surface area contributed by atoms with Crippen molar-refractivity contribution in [3.05, 3.63) is 48.0 Å². The minimum Gasteiger partial charge on any atom is -0.290 e. The van der Waals surface area contributed by atoms with Gasteiger partial charge in [0.1, 0.15) is 5.25 Å². The van der Waals surface area contributed by atoms with E-state index in [1.54, 1.807) is 24.7 Å². The predicted octanol–water partition coefficient (Wildman–Crippen LogP) is 1.24. The largest absolute Gasteiger partial charge is 0.290 e. The van der Waals surface area contributed by atoms with Gasteiger partial charge in [0.2, 0.25) is 15.0 Å². The van der Waals surface area contributed by atoms with Crippen LogP contribution in [0.4, 0.5) is 0 Å². The first-order valence-electron chi connectivity index (χ1n) is 6.98. The van der Waals surface area contributed by atoms with Crippen molar-refractivity contribution in [1.82, 2.24) is 29.8 Å². The van der Waals surface area contributed by atoms with Crippen molar-refractivity contribution in [3.63, 3.8) is 0 Å². The molecule has 8 nitrogen and oxygen atoms in total. The van der Waals surface area contributed by atoms with Gasteiger partial charge in [0.25, 0.3) is 0 Å². The lowest BCUT2D eigenvalue weighted by atomic mass is 10.2. The summed E-state index contributed by atoms with van der Waals surface area (Å²) in [6.07, 6.45) is 3.11. The Morgan fingerprint density at radius 2 is 1.96 bits per heavy atom. The Morgan fingerprint density at radius 3 is 2.61 bits per heavy atom. The first-order valence-corrected chi connectivity index (χ1v) is 8.53. The lowest BCUT2D eigenvalue weighted by molar-refractivity contribution is 0.565. The van der Waals surface area contributed by atoms with Crippen molar-refractivity contribution in [2.24, 2.45) is 7.05 Å². The van der Waals surface area contributed by atoms with Crippen LogP contribution in [0.5, 0.6) is 0 Å². The van der Waals surface area contributed by atoms with Gasteiger partial charge in [-0.1, -0.05) is 18.2 Å². The Hall–Kier alpha value is -2.55. The Balaban J connectivity index is 2.11. The van der Waals surface area contributed by atoms with Crippen LogP contribution in [0.15, 0.2) is 41.8 Å². The number of nitrogens with zero attached hydrogens (tertiary/aromatic N) is 6. The Kier molecular flexibility index (Phi) is 3.72. The molecule has 0 saturated heterocycles. The SMILES string of the molecule is Cc1ccccc1-n1ccnc1S(=O)(=O)C(C)c1nnnn1C. The van der Waals surface area contributed by atoms with Crippen LogP contribution in [-0.4, -0.2) is 38.2 Å². The summed E-state index contributed by atoms with van der Waals surface area (Å²) in [6.45, 7) is 3.47. The maximum absolute atomic E-state index is 13.0. The molecule has 0 aliphatic heterocycles. The molecule has 0 amide bonds. The third-order valence-corrected chi connectivity index (χ3v) is 5.67. The van der Waals surface area contributed by atoms with Gasteiger partial charge in [0.05, 0.1) is 5.69 Å². The third-order valence-electron chi connectivity index (χ3n) is 3.72. The molecule has 9 heteroatoms. The number of aromatic nitrogens is 6. The number of tetrazole rings is 1. The van der Waals surface area contributed by atoms with Gasteiger partial charge in [-0.3, -0.25) is 4.57 Å². The molecule has 0 aliphatic rings. The van der Waals surface area contributed by atoms with Gasteiger partial charge < -0.3 is 0 Å². The van der Waals surface area contributed by atoms with Crippen LogP contribution in [0, 0.1) is 6.92 Å². The normalized spacial score (nSPS) is 13.2. The molecule has 0 fully saturated rings. The number of hydrogen-bond acceptors (Lipinski definition) is 6. The van der Waals surface area contributed by atoms with Crippen molar-refractivity contribution in [3.8, 4) is 5.69 Å². The molecule has 1 aromatic carbocycles. The van der Waals surface area contributed by atoms with Gasteiger partial charge in [-0.25, -0.2) is 18.1 Å². The van der Waals surface area contributed by atoms with Gasteiger partial charge in [-0.15, -0.1) is 5.10 Å². The van der Waals surface area contributed by atoms with Gasteiger partial charge >= 0.3 is 0 Å². The maximum Gasteiger partial charge on any atom is 0.232 e. The van der Waals surface area contributed by atoms with E-state index in [0.717, 1.165) is 11.3 Å². The molecule has 0 radical (unpaired) electrons. The molecule has 2 aromatic heterocycles. The van der Waals surface area contributed by atoms with Gasteiger partial charge in [0.15, 0.2) is 5.82 Å². The fraction of sp³-hybridized carbons (Fsp3) is 0.286. The van der Waals surface area contributed by atoms with Crippen LogP contribution in [0.2, 0.25) is 0 Å². The number of imidazole rings is 1. The number of hydrogen-bond donors (Lipinski definition) is 0. The molecule has 120 valence electrons. The summed E-state index contributed by atoms with van der Waals surface area (Å²) in [5.41, 5.74) is 1.72. The lowest BCUT2D eigenvalue weighted by Crippen LogP contribution is -2.19. The summed E-state index contributed by atoms with van der Waals surface area (Å²) >= 11 is 0. The quantitative estimate of drug-likeness (QED) is 0.713. The van der Waals surface area contributed by atoms with Crippen molar-refractivity contribution in [2.75, 3.05) is 0 Å². The summed E-state index contributed by atoms with van der Waals surface area (Å²) in [5, 5.41) is 10.1. The van der Waals surface area contributed by atoms with Crippen molar-refractivity contribution >= 4 is 9.84 Å². The second-order valence-corrected chi connectivity index (χ2v) is 7.38. The van der Waals surface area contributed by atoms with E-state index in [0.29, 0.717) is 0 Å². The number of para-hydroxylation sites is 1. The average Bonchev–Trinajstić information content (AvgIpc) is 3.16. The predicted molar refractivity (Wildman–Crippen MR) is 82.7 cm³/mol. The third kappa shape index (κ3) is 2.52. The summed E-state index contributed by atoms with van der Waals surface area (Å²) in [6, 6.07) is 7.53. The van der Waals surface area contributed by atoms with Crippen LogP contribution >= 0.6 is 0 Å². The minimum absolute atomic E-state index is 0.0256. The zero-order chi connectivity index (χ0) is 16.6. The van der Waals surface area contributed by atoms with Crippen molar-refractivity contribution in [1.29, 1.82) is 0 Å². The molecule has 0 bridgehead atoms. The van der Waals surface area contributed by atoms with E-state index in [9.17, 15) is 8.42 Å². The summed E-state index contributed by atoms with van der Waals surface area (Å²) in [7, 11) is -2.14. The fourth-order valence-corrected chi connectivity index (χ4v) is 3.83. The highest BCUT2D eigenvalue weighted by Crippen LogP contribution is 2.27. The zero-order valence-electron chi connectivity index (χ0n) is 12.9. The molecule has 0 N–H and O–H groups in total. The van der Waals surface area contributed by atoms with E-state index in [-0.39, 0.29) is 11.0 Å². The molecule has 23 heavy (non-hydrogen) atoms. The fourth-order valence-electron chi connectivity index (χ4n) is 2.39. The van der Waals surface area contributed by atoms with Gasteiger partial charge in [-0.05, 0) is 35.9 Å². The molecule has 0 spiro atoms. The Bertz CT molecular complexity index is 944. The van der Waals surface area contributed by atoms with Crippen LogP contribution in [-0.2, 0) is 16.9 Å². The molecule has 1 atom stereocenters. The Labute approximate surface area is 133 Å². The van der Waals surface area contributed by atoms with Crippen molar-refractivity contribution in [2.45, 2.75) is 24.3 Å². The van der Waals surface area contributed by atoms with Gasteiger partial charge in [0, 0.05) is 19.4 Å². The molecular formula is C14H16N6O2S. The number of sulfone groups is 1. The molecule has 2 heterocycles. The maximum atomic E-state index is 13.0. The van der Waals surface area contributed by atoms with E-state index in [2.05, 4.69) is 20.5 Å². The van der Waals surface area contributed by atoms with Crippen LogP contribution < -0.4 is 0 Å².